The summed E-state index contributed by atoms with van der Waals surface area (Å²) in [5.74, 6) is -2.98. The SMILES string of the molecule is CC(=O)O[C@@H](CC(=O)N1[C@@H]2C[C@H]3CC[C@]2(CS1(=O)=O)C3(C)C)[C@H](CC(=O)N1[C@@H]2C[C@H]3CC[C@]2(CS1(=O)=O)C3(C)C)OC(C)=O. The van der Waals surface area contributed by atoms with E-state index in [0.717, 1.165) is 35.3 Å². The summed E-state index contributed by atoms with van der Waals surface area (Å²) in [7, 11) is -7.96. The van der Waals surface area contributed by atoms with E-state index >= 15 is 0 Å². The molecule has 0 aromatic rings. The third-order valence-electron chi connectivity index (χ3n) is 13.1. The zero-order chi connectivity index (χ0) is 32.4. The van der Waals surface area contributed by atoms with Gasteiger partial charge >= 0.3 is 11.9 Å². The molecule has 2 aliphatic heterocycles. The molecule has 246 valence electrons. The number of fused-ring (bicyclic) bond motifs is 2. The van der Waals surface area contributed by atoms with Crippen LogP contribution in [0.15, 0.2) is 0 Å². The van der Waals surface area contributed by atoms with Gasteiger partial charge < -0.3 is 9.47 Å². The van der Waals surface area contributed by atoms with Crippen molar-refractivity contribution in [2.45, 2.75) is 117 Å². The van der Waals surface area contributed by atoms with Crippen LogP contribution in [-0.2, 0) is 48.7 Å². The molecule has 0 aromatic carbocycles. The Balaban J connectivity index is 1.27. The first-order chi connectivity index (χ1) is 20.2. The minimum absolute atomic E-state index is 0.142. The van der Waals surface area contributed by atoms with Gasteiger partial charge in [-0.2, -0.15) is 0 Å². The summed E-state index contributed by atoms with van der Waals surface area (Å²) < 4.78 is 66.6. The van der Waals surface area contributed by atoms with E-state index < -0.39 is 91.8 Å². The molecule has 6 fully saturated rings. The van der Waals surface area contributed by atoms with Gasteiger partial charge in [-0.3, -0.25) is 19.2 Å². The molecule has 4 aliphatic carbocycles. The third-order valence-corrected chi connectivity index (χ3v) is 17.0. The molecule has 44 heavy (non-hydrogen) atoms. The number of amides is 2. The van der Waals surface area contributed by atoms with Crippen LogP contribution >= 0.6 is 0 Å². The highest BCUT2D eigenvalue weighted by Crippen LogP contribution is 2.71. The van der Waals surface area contributed by atoms with Crippen LogP contribution in [0.4, 0.5) is 0 Å². The van der Waals surface area contributed by atoms with Gasteiger partial charge in [0, 0.05) is 24.7 Å². The summed E-state index contributed by atoms with van der Waals surface area (Å²) in [6.45, 7) is 10.4. The Morgan fingerprint density at radius 1 is 0.682 bits per heavy atom. The van der Waals surface area contributed by atoms with E-state index in [-0.39, 0.29) is 34.2 Å². The smallest absolute Gasteiger partial charge is 0.303 e. The highest BCUT2D eigenvalue weighted by atomic mass is 32.2. The summed E-state index contributed by atoms with van der Waals surface area (Å²) in [6, 6.07) is -1.04. The van der Waals surface area contributed by atoms with Gasteiger partial charge in [-0.05, 0) is 61.2 Å². The van der Waals surface area contributed by atoms with E-state index in [0.29, 0.717) is 25.7 Å². The molecule has 2 heterocycles. The first-order valence-corrected chi connectivity index (χ1v) is 18.9. The van der Waals surface area contributed by atoms with Gasteiger partial charge in [-0.1, -0.05) is 27.7 Å². The van der Waals surface area contributed by atoms with Crippen LogP contribution in [0.25, 0.3) is 0 Å². The van der Waals surface area contributed by atoms with Crippen LogP contribution in [0.3, 0.4) is 0 Å². The first-order valence-electron chi connectivity index (χ1n) is 15.6. The fourth-order valence-corrected chi connectivity index (χ4v) is 15.8. The highest BCUT2D eigenvalue weighted by molar-refractivity contribution is 7.90. The summed E-state index contributed by atoms with van der Waals surface area (Å²) in [4.78, 5) is 52.1. The zero-order valence-electron chi connectivity index (χ0n) is 26.3. The fourth-order valence-electron chi connectivity index (χ4n) is 10.7. The molecule has 0 radical (unpaired) electrons. The average molecular weight is 657 g/mol. The molecule has 14 heteroatoms. The predicted octanol–water partition coefficient (Wildman–Crippen LogP) is 2.36. The minimum Gasteiger partial charge on any atom is -0.458 e. The van der Waals surface area contributed by atoms with Crippen LogP contribution in [-0.4, -0.2) is 85.0 Å². The van der Waals surface area contributed by atoms with Crippen LogP contribution in [0.1, 0.15) is 92.9 Å². The lowest BCUT2D eigenvalue weighted by molar-refractivity contribution is -0.170. The Kier molecular flexibility index (Phi) is 6.96. The maximum atomic E-state index is 13.8. The molecular weight excluding hydrogens is 612 g/mol. The summed E-state index contributed by atoms with van der Waals surface area (Å²) in [5, 5.41) is 0. The van der Waals surface area contributed by atoms with Crippen molar-refractivity contribution in [1.82, 2.24) is 8.61 Å². The molecule has 2 spiro atoms. The van der Waals surface area contributed by atoms with E-state index in [1.54, 1.807) is 0 Å². The molecule has 0 unspecified atom stereocenters. The number of hydrogen-bond acceptors (Lipinski definition) is 10. The number of sulfonamides is 2. The average Bonchev–Trinajstić information content (AvgIpc) is 3.56. The first kappa shape index (κ1) is 31.7. The monoisotopic (exact) mass is 656 g/mol. The van der Waals surface area contributed by atoms with E-state index in [2.05, 4.69) is 27.7 Å². The number of carbonyl (C=O) groups is 4. The Labute approximate surface area is 259 Å². The normalized spacial score (nSPS) is 39.0. The van der Waals surface area contributed by atoms with Crippen LogP contribution in [0.5, 0.6) is 0 Å². The number of hydrogen-bond donors (Lipinski definition) is 0. The molecular formula is C30H44N2O10S2. The van der Waals surface area contributed by atoms with Crippen molar-refractivity contribution in [2.75, 3.05) is 11.5 Å². The second-order valence-corrected chi connectivity index (χ2v) is 19.0. The van der Waals surface area contributed by atoms with Crippen molar-refractivity contribution in [1.29, 1.82) is 0 Å². The van der Waals surface area contributed by atoms with Crippen LogP contribution in [0, 0.1) is 33.5 Å². The van der Waals surface area contributed by atoms with Gasteiger partial charge in [0.2, 0.25) is 31.9 Å². The molecule has 2 amide bonds. The lowest BCUT2D eigenvalue weighted by Gasteiger charge is -2.37. The molecule has 6 rings (SSSR count). The predicted molar refractivity (Wildman–Crippen MR) is 156 cm³/mol. The topological polar surface area (TPSA) is 161 Å². The lowest BCUT2D eigenvalue weighted by atomic mass is 9.69. The zero-order valence-corrected chi connectivity index (χ0v) is 28.0. The van der Waals surface area contributed by atoms with Gasteiger partial charge in [-0.25, -0.2) is 25.4 Å². The van der Waals surface area contributed by atoms with E-state index in [1.165, 1.54) is 0 Å². The van der Waals surface area contributed by atoms with Crippen molar-refractivity contribution in [3.63, 3.8) is 0 Å². The molecule has 0 N–H and O–H groups in total. The molecule has 4 bridgehead atoms. The number of ether oxygens (including phenoxy) is 2. The molecule has 0 aromatic heterocycles. The van der Waals surface area contributed by atoms with Crippen molar-refractivity contribution in [3.8, 4) is 0 Å². The Morgan fingerprint density at radius 3 is 1.32 bits per heavy atom. The van der Waals surface area contributed by atoms with Crippen molar-refractivity contribution in [3.05, 3.63) is 0 Å². The van der Waals surface area contributed by atoms with E-state index in [9.17, 15) is 36.0 Å². The minimum atomic E-state index is -3.98. The van der Waals surface area contributed by atoms with Gasteiger partial charge in [0.1, 0.15) is 12.2 Å². The summed E-state index contributed by atoms with van der Waals surface area (Å²) in [5.41, 5.74) is -1.67. The van der Waals surface area contributed by atoms with E-state index in [4.69, 9.17) is 9.47 Å². The highest BCUT2D eigenvalue weighted by Gasteiger charge is 2.73. The number of nitrogens with zero attached hydrogens (tertiary/aromatic N) is 2. The third kappa shape index (κ3) is 4.17. The van der Waals surface area contributed by atoms with Gasteiger partial charge in [0.15, 0.2) is 0 Å². The van der Waals surface area contributed by atoms with Crippen molar-refractivity contribution >= 4 is 43.8 Å². The Morgan fingerprint density at radius 2 is 1.02 bits per heavy atom. The Bertz CT molecular complexity index is 1420. The van der Waals surface area contributed by atoms with Crippen molar-refractivity contribution < 1.29 is 45.5 Å². The van der Waals surface area contributed by atoms with Gasteiger partial charge in [-0.15, -0.1) is 0 Å². The fraction of sp³-hybridized carbons (Fsp3) is 0.867. The maximum absolute atomic E-state index is 13.8. The second kappa shape index (κ2) is 9.65. The largest absolute Gasteiger partial charge is 0.458 e. The van der Waals surface area contributed by atoms with Crippen molar-refractivity contribution in [2.24, 2.45) is 33.5 Å². The van der Waals surface area contributed by atoms with E-state index in [1.807, 2.05) is 0 Å². The number of esters is 2. The Hall–Kier alpha value is -2.22. The number of carbonyl (C=O) groups excluding carboxylic acids is 4. The number of rotatable bonds is 7. The molecule has 6 aliphatic rings. The molecule has 8 atom stereocenters. The summed E-state index contributed by atoms with van der Waals surface area (Å²) in [6.07, 6.45) is 0.00477. The standard InChI is InChI=1S/C30H44N2O10S2/c1-17(33)41-21(13-25(35)31-23-11-19-7-9-29(23,27(19,3)4)15-43(31,37)38)22(42-18(2)34)14-26(36)32-24-12-20-8-10-30(24,28(20,5)6)16-44(32,39)40/h19-24H,7-16H2,1-6H3/t19-,20-,21+,22+,23-,24-,29-,30-/m1/s1. The summed E-state index contributed by atoms with van der Waals surface area (Å²) >= 11 is 0. The van der Waals surface area contributed by atoms with Gasteiger partial charge in [0.05, 0.1) is 36.4 Å². The maximum Gasteiger partial charge on any atom is 0.303 e. The lowest BCUT2D eigenvalue weighted by Crippen LogP contribution is -2.48. The molecule has 2 saturated heterocycles. The van der Waals surface area contributed by atoms with Crippen LogP contribution < -0.4 is 0 Å². The quantitative estimate of drug-likeness (QED) is 0.372. The van der Waals surface area contributed by atoms with Gasteiger partial charge in [0.25, 0.3) is 0 Å². The van der Waals surface area contributed by atoms with Crippen LogP contribution in [0.2, 0.25) is 0 Å². The second-order valence-electron chi connectivity index (χ2n) is 15.3. The molecule has 4 saturated carbocycles. The molecule has 12 nitrogen and oxygen atoms in total.